The van der Waals surface area contributed by atoms with E-state index in [-0.39, 0.29) is 5.91 Å². The van der Waals surface area contributed by atoms with Crippen molar-refractivity contribution in [3.05, 3.63) is 40.8 Å². The summed E-state index contributed by atoms with van der Waals surface area (Å²) in [7, 11) is 3.77. The summed E-state index contributed by atoms with van der Waals surface area (Å²) >= 11 is 0. The smallest absolute Gasteiger partial charge is 0.253 e. The maximum Gasteiger partial charge on any atom is 0.253 e. The van der Waals surface area contributed by atoms with Crippen LogP contribution in [0.25, 0.3) is 0 Å². The van der Waals surface area contributed by atoms with Gasteiger partial charge in [0.15, 0.2) is 0 Å². The van der Waals surface area contributed by atoms with E-state index >= 15 is 0 Å². The van der Waals surface area contributed by atoms with Gasteiger partial charge in [0.1, 0.15) is 5.76 Å². The molecule has 0 aliphatic rings. The highest BCUT2D eigenvalue weighted by molar-refractivity contribution is 6.00. The number of nitrogens with zero attached hydrogens (tertiary/aromatic N) is 2. The fourth-order valence-electron chi connectivity index (χ4n) is 2.14. The summed E-state index contributed by atoms with van der Waals surface area (Å²) in [6.45, 7) is 4.05. The van der Waals surface area contributed by atoms with Crippen LogP contribution in [0, 0.1) is 13.8 Å². The van der Waals surface area contributed by atoms with E-state index in [0.29, 0.717) is 23.6 Å². The number of benzene rings is 1. The van der Waals surface area contributed by atoms with Crippen LogP contribution >= 0.6 is 0 Å². The summed E-state index contributed by atoms with van der Waals surface area (Å²) in [5.74, 6) is 0.541. The van der Waals surface area contributed by atoms with E-state index in [0.717, 1.165) is 16.9 Å². The lowest BCUT2D eigenvalue weighted by atomic mass is 10.1. The first-order valence-corrected chi connectivity index (χ1v) is 6.67. The zero-order valence-electron chi connectivity index (χ0n) is 12.7. The standard InChI is InChI=1S/C15H20N4O2/c1-9-13(10(2)21-18-9)8-17-15(20)12-7-11(16)5-6-14(12)19(3)4/h5-7H,8,16H2,1-4H3,(H,17,20). The van der Waals surface area contributed by atoms with Gasteiger partial charge in [-0.1, -0.05) is 5.16 Å². The third kappa shape index (κ3) is 3.16. The van der Waals surface area contributed by atoms with Gasteiger partial charge in [-0.3, -0.25) is 4.79 Å². The maximum absolute atomic E-state index is 12.4. The topological polar surface area (TPSA) is 84.4 Å². The zero-order valence-corrected chi connectivity index (χ0v) is 12.7. The van der Waals surface area contributed by atoms with Crippen LogP contribution in [0.15, 0.2) is 22.7 Å². The number of hydrogen-bond donors (Lipinski definition) is 2. The van der Waals surface area contributed by atoms with E-state index < -0.39 is 0 Å². The first kappa shape index (κ1) is 14.9. The number of aryl methyl sites for hydroxylation is 2. The molecule has 0 atom stereocenters. The fourth-order valence-corrected chi connectivity index (χ4v) is 2.14. The second-order valence-electron chi connectivity index (χ2n) is 5.16. The second kappa shape index (κ2) is 5.87. The molecule has 0 spiro atoms. The van der Waals surface area contributed by atoms with Gasteiger partial charge in [-0.2, -0.15) is 0 Å². The molecule has 2 aromatic rings. The molecule has 0 saturated heterocycles. The Labute approximate surface area is 123 Å². The highest BCUT2D eigenvalue weighted by Crippen LogP contribution is 2.21. The average Bonchev–Trinajstić information content (AvgIpc) is 2.75. The summed E-state index contributed by atoms with van der Waals surface area (Å²) in [5.41, 5.74) is 9.39. The minimum Gasteiger partial charge on any atom is -0.399 e. The van der Waals surface area contributed by atoms with Gasteiger partial charge in [-0.15, -0.1) is 0 Å². The number of carbonyl (C=O) groups is 1. The molecular weight excluding hydrogens is 268 g/mol. The molecule has 0 aliphatic heterocycles. The number of carbonyl (C=O) groups excluding carboxylic acids is 1. The number of rotatable bonds is 4. The van der Waals surface area contributed by atoms with Crippen LogP contribution in [0.4, 0.5) is 11.4 Å². The van der Waals surface area contributed by atoms with Gasteiger partial charge >= 0.3 is 0 Å². The van der Waals surface area contributed by atoms with Crippen LogP contribution in [-0.2, 0) is 6.54 Å². The predicted octanol–water partition coefficient (Wildman–Crippen LogP) is 1.87. The molecule has 0 radical (unpaired) electrons. The minimum absolute atomic E-state index is 0.175. The highest BCUT2D eigenvalue weighted by atomic mass is 16.5. The first-order valence-electron chi connectivity index (χ1n) is 6.67. The molecular formula is C15H20N4O2. The van der Waals surface area contributed by atoms with E-state index in [1.54, 1.807) is 12.1 Å². The van der Waals surface area contributed by atoms with Crippen LogP contribution in [0.1, 0.15) is 27.4 Å². The average molecular weight is 288 g/mol. The minimum atomic E-state index is -0.175. The number of nitrogen functional groups attached to an aromatic ring is 1. The Morgan fingerprint density at radius 3 is 2.67 bits per heavy atom. The molecule has 0 aliphatic carbocycles. The molecule has 0 unspecified atom stereocenters. The molecule has 2 rings (SSSR count). The predicted molar refractivity (Wildman–Crippen MR) is 82.3 cm³/mol. The molecule has 1 heterocycles. The molecule has 6 nitrogen and oxygen atoms in total. The van der Waals surface area contributed by atoms with E-state index in [4.69, 9.17) is 10.3 Å². The Bertz CT molecular complexity index is 642. The van der Waals surface area contributed by atoms with Crippen molar-refractivity contribution >= 4 is 17.3 Å². The lowest BCUT2D eigenvalue weighted by Crippen LogP contribution is -2.26. The lowest BCUT2D eigenvalue weighted by Gasteiger charge is -2.17. The fraction of sp³-hybridized carbons (Fsp3) is 0.333. The van der Waals surface area contributed by atoms with E-state index in [2.05, 4.69) is 10.5 Å². The summed E-state index contributed by atoms with van der Waals surface area (Å²) in [6, 6.07) is 5.29. The van der Waals surface area contributed by atoms with Crippen LogP contribution in [0.5, 0.6) is 0 Å². The quantitative estimate of drug-likeness (QED) is 0.839. The summed E-state index contributed by atoms with van der Waals surface area (Å²) in [4.78, 5) is 14.3. The number of nitrogens with one attached hydrogen (secondary N) is 1. The molecule has 0 fully saturated rings. The van der Waals surface area contributed by atoms with Crippen LogP contribution in [-0.4, -0.2) is 25.2 Å². The molecule has 1 amide bonds. The molecule has 3 N–H and O–H groups in total. The van der Waals surface area contributed by atoms with Crippen molar-refractivity contribution in [1.82, 2.24) is 10.5 Å². The normalized spacial score (nSPS) is 10.5. The van der Waals surface area contributed by atoms with E-state index in [9.17, 15) is 4.79 Å². The summed E-state index contributed by atoms with van der Waals surface area (Å²) in [5, 5.41) is 6.76. The van der Waals surface area contributed by atoms with Gasteiger partial charge in [0.25, 0.3) is 5.91 Å². The van der Waals surface area contributed by atoms with Crippen molar-refractivity contribution < 1.29 is 9.32 Å². The van der Waals surface area contributed by atoms with Gasteiger partial charge in [0.05, 0.1) is 11.3 Å². The van der Waals surface area contributed by atoms with Gasteiger partial charge in [0, 0.05) is 37.6 Å². The van der Waals surface area contributed by atoms with Crippen molar-refractivity contribution in [3.8, 4) is 0 Å². The van der Waals surface area contributed by atoms with Crippen molar-refractivity contribution in [2.45, 2.75) is 20.4 Å². The zero-order chi connectivity index (χ0) is 15.6. The molecule has 0 saturated carbocycles. The Hall–Kier alpha value is -2.50. The second-order valence-corrected chi connectivity index (χ2v) is 5.16. The van der Waals surface area contributed by atoms with E-state index in [1.165, 1.54) is 0 Å². The Morgan fingerprint density at radius 2 is 2.10 bits per heavy atom. The van der Waals surface area contributed by atoms with Crippen molar-refractivity contribution in [3.63, 3.8) is 0 Å². The van der Waals surface area contributed by atoms with Crippen molar-refractivity contribution in [1.29, 1.82) is 0 Å². The van der Waals surface area contributed by atoms with Gasteiger partial charge in [-0.25, -0.2) is 0 Å². The molecule has 112 valence electrons. The third-order valence-electron chi connectivity index (χ3n) is 3.35. The number of aromatic nitrogens is 1. The van der Waals surface area contributed by atoms with Crippen molar-refractivity contribution in [2.24, 2.45) is 0 Å². The highest BCUT2D eigenvalue weighted by Gasteiger charge is 2.15. The molecule has 1 aromatic carbocycles. The maximum atomic E-state index is 12.4. The molecule has 0 bridgehead atoms. The van der Waals surface area contributed by atoms with E-state index in [1.807, 2.05) is 38.9 Å². The summed E-state index contributed by atoms with van der Waals surface area (Å²) < 4.78 is 5.08. The number of amides is 1. The lowest BCUT2D eigenvalue weighted by molar-refractivity contribution is 0.0951. The molecule has 6 heteroatoms. The monoisotopic (exact) mass is 288 g/mol. The van der Waals surface area contributed by atoms with Gasteiger partial charge < -0.3 is 20.5 Å². The van der Waals surface area contributed by atoms with Gasteiger partial charge in [0.2, 0.25) is 0 Å². The molecule has 1 aromatic heterocycles. The van der Waals surface area contributed by atoms with Crippen LogP contribution < -0.4 is 16.0 Å². The Kier molecular flexibility index (Phi) is 4.16. The third-order valence-corrected chi connectivity index (χ3v) is 3.35. The number of anilines is 2. The largest absolute Gasteiger partial charge is 0.399 e. The number of nitrogens with two attached hydrogens (primary N) is 1. The van der Waals surface area contributed by atoms with Gasteiger partial charge in [-0.05, 0) is 32.0 Å². The first-order chi connectivity index (χ1) is 9.90. The Balaban J connectivity index is 2.19. The summed E-state index contributed by atoms with van der Waals surface area (Å²) in [6.07, 6.45) is 0. The molecule has 21 heavy (non-hydrogen) atoms. The van der Waals surface area contributed by atoms with Crippen LogP contribution in [0.2, 0.25) is 0 Å². The van der Waals surface area contributed by atoms with Crippen molar-refractivity contribution in [2.75, 3.05) is 24.7 Å². The SMILES string of the molecule is Cc1noc(C)c1CNC(=O)c1cc(N)ccc1N(C)C. The van der Waals surface area contributed by atoms with Crippen LogP contribution in [0.3, 0.4) is 0 Å². The Morgan fingerprint density at radius 1 is 1.38 bits per heavy atom. The number of hydrogen-bond acceptors (Lipinski definition) is 5.